The van der Waals surface area contributed by atoms with E-state index in [2.05, 4.69) is 59.7 Å². The Labute approximate surface area is 93.0 Å². The topological polar surface area (TPSA) is 27.3 Å². The number of anilines is 1. The van der Waals surface area contributed by atoms with Crippen LogP contribution in [0.3, 0.4) is 0 Å². The monoisotopic (exact) mass is 199 g/mol. The van der Waals surface area contributed by atoms with Gasteiger partial charge in [-0.1, -0.05) is 38.7 Å². The number of hydrogen-bond donors (Lipinski definition) is 2. The van der Waals surface area contributed by atoms with Crippen LogP contribution < -0.4 is 15.0 Å². The lowest BCUT2D eigenvalue weighted by atomic mass is 9.49. The van der Waals surface area contributed by atoms with Gasteiger partial charge in [0.05, 0.1) is 0 Å². The van der Waals surface area contributed by atoms with Crippen molar-refractivity contribution >= 4 is 26.6 Å². The number of nitrogens with one attached hydrogen (secondary N) is 2. The van der Waals surface area contributed by atoms with Gasteiger partial charge in [-0.25, -0.2) is 0 Å². The van der Waals surface area contributed by atoms with Crippen LogP contribution in [0.1, 0.15) is 0 Å². The molecule has 6 heteroatoms. The smallest absolute Gasteiger partial charge is 0.314 e. The van der Waals surface area contributed by atoms with Crippen molar-refractivity contribution in [3.05, 3.63) is 30.3 Å². The van der Waals surface area contributed by atoms with Crippen LogP contribution in [0.2, 0.25) is 20.5 Å². The van der Waals surface area contributed by atoms with E-state index in [0.29, 0.717) is 20.9 Å². The van der Waals surface area contributed by atoms with E-state index >= 15 is 0 Å². The summed E-state index contributed by atoms with van der Waals surface area (Å²) in [5.74, 6) is 0. The van der Waals surface area contributed by atoms with Gasteiger partial charge < -0.3 is 15.0 Å². The molecule has 1 fully saturated rings. The molecule has 15 heavy (non-hydrogen) atoms. The van der Waals surface area contributed by atoms with Crippen molar-refractivity contribution < 1.29 is 0 Å². The van der Waals surface area contributed by atoms with Gasteiger partial charge in [-0.3, -0.25) is 0 Å². The summed E-state index contributed by atoms with van der Waals surface area (Å²) in [7, 11) is 0. The Kier molecular flexibility index (Phi) is 3.07. The molecule has 0 atom stereocenters. The minimum absolute atomic E-state index is 0.360. The van der Waals surface area contributed by atoms with E-state index in [1.807, 2.05) is 6.07 Å². The molecule has 0 aromatic heterocycles. The first-order chi connectivity index (χ1) is 7.18. The molecular weight excluding hydrogens is 183 g/mol. The molecule has 2 N–H and O–H groups in total. The Morgan fingerprint density at radius 2 is 1.47 bits per heavy atom. The van der Waals surface area contributed by atoms with Gasteiger partial charge in [0.15, 0.2) is 0 Å². The van der Waals surface area contributed by atoms with Crippen molar-refractivity contribution in [3.8, 4) is 0 Å². The van der Waals surface area contributed by atoms with E-state index in [9.17, 15) is 0 Å². The van der Waals surface area contributed by atoms with Crippen LogP contribution >= 0.6 is 0 Å². The number of nitrogens with zero attached hydrogens (tertiary/aromatic N) is 1. The summed E-state index contributed by atoms with van der Waals surface area (Å²) in [6.45, 7) is 7.63. The summed E-state index contributed by atoms with van der Waals surface area (Å²) >= 11 is 0. The fraction of sp³-hybridized carbons (Fsp3) is 0.333. The van der Waals surface area contributed by atoms with E-state index in [0.717, 1.165) is 0 Å². The molecule has 1 aromatic carbocycles. The summed E-state index contributed by atoms with van der Waals surface area (Å²) in [5.41, 5.74) is 1.25. The number of hydrogen-bond acceptors (Lipinski definition) is 3. The number of para-hydroxylation sites is 1. The molecule has 1 aromatic rings. The zero-order valence-corrected chi connectivity index (χ0v) is 9.57. The SMILES string of the molecule is CB1NB(C)N(c2ccccc2)B(C)N1. The fourth-order valence-electron chi connectivity index (χ4n) is 2.32. The quantitative estimate of drug-likeness (QED) is 0.661. The lowest BCUT2D eigenvalue weighted by Gasteiger charge is -2.40. The molecule has 1 aliphatic rings. The Bertz CT molecular complexity index is 310. The van der Waals surface area contributed by atoms with Crippen molar-refractivity contribution in [2.24, 2.45) is 0 Å². The highest BCUT2D eigenvalue weighted by Crippen LogP contribution is 2.16. The van der Waals surface area contributed by atoms with Crippen molar-refractivity contribution in [2.75, 3.05) is 4.72 Å². The summed E-state index contributed by atoms with van der Waals surface area (Å²) in [5, 5.41) is 6.95. The third kappa shape index (κ3) is 2.21. The molecule has 2 rings (SSSR count). The standard InChI is InChI=1S/C9H16B3N3/c1-10-13-11(2)15(12(3)14-10)9-7-5-4-6-8-9/h4-8,13-14H,1-3H3. The highest BCUT2D eigenvalue weighted by atomic mass is 15.2. The van der Waals surface area contributed by atoms with E-state index in [4.69, 9.17) is 0 Å². The molecule has 0 unspecified atom stereocenters. The normalized spacial score (nSPS) is 17.3. The molecule has 0 spiro atoms. The van der Waals surface area contributed by atoms with Crippen molar-refractivity contribution in [3.63, 3.8) is 0 Å². The van der Waals surface area contributed by atoms with Crippen molar-refractivity contribution in [1.29, 1.82) is 0 Å². The molecule has 0 bridgehead atoms. The van der Waals surface area contributed by atoms with Crippen molar-refractivity contribution in [2.45, 2.75) is 20.5 Å². The first-order valence-corrected chi connectivity index (χ1v) is 5.54. The van der Waals surface area contributed by atoms with Crippen LogP contribution in [0.15, 0.2) is 30.3 Å². The first kappa shape index (κ1) is 10.6. The molecule has 0 saturated carbocycles. The van der Waals surface area contributed by atoms with Gasteiger partial charge in [0.25, 0.3) is 6.98 Å². The van der Waals surface area contributed by atoms with Gasteiger partial charge in [-0.2, -0.15) is 0 Å². The molecule has 1 aliphatic heterocycles. The van der Waals surface area contributed by atoms with Gasteiger partial charge >= 0.3 is 14.0 Å². The maximum atomic E-state index is 3.47. The van der Waals surface area contributed by atoms with Gasteiger partial charge in [-0.15, -0.1) is 0 Å². The van der Waals surface area contributed by atoms with Gasteiger partial charge in [0.2, 0.25) is 0 Å². The molecule has 0 radical (unpaired) electrons. The molecule has 0 aliphatic carbocycles. The fourth-order valence-corrected chi connectivity index (χ4v) is 2.32. The minimum atomic E-state index is 0.360. The van der Waals surface area contributed by atoms with Gasteiger partial charge in [0.1, 0.15) is 0 Å². The Morgan fingerprint density at radius 3 is 2.00 bits per heavy atom. The molecule has 0 amide bonds. The largest absolute Gasteiger partial charge is 0.435 e. The van der Waals surface area contributed by atoms with Crippen LogP contribution in [-0.4, -0.2) is 20.9 Å². The highest BCUT2D eigenvalue weighted by Gasteiger charge is 2.34. The lowest BCUT2D eigenvalue weighted by Crippen LogP contribution is -2.73. The third-order valence-corrected chi connectivity index (χ3v) is 2.87. The van der Waals surface area contributed by atoms with E-state index in [1.165, 1.54) is 5.69 Å². The second-order valence-corrected chi connectivity index (χ2v) is 4.15. The summed E-state index contributed by atoms with van der Waals surface area (Å²) in [4.78, 5) is 0. The Morgan fingerprint density at radius 1 is 0.933 bits per heavy atom. The Balaban J connectivity index is 2.21. The maximum absolute atomic E-state index is 3.47. The Hall–Kier alpha value is -0.865. The highest BCUT2D eigenvalue weighted by molar-refractivity contribution is 6.92. The molecule has 1 saturated heterocycles. The van der Waals surface area contributed by atoms with Crippen LogP contribution in [0.4, 0.5) is 5.69 Å². The zero-order chi connectivity index (χ0) is 10.8. The van der Waals surface area contributed by atoms with Crippen LogP contribution in [-0.2, 0) is 0 Å². The van der Waals surface area contributed by atoms with E-state index < -0.39 is 0 Å². The van der Waals surface area contributed by atoms with E-state index in [1.54, 1.807) is 0 Å². The van der Waals surface area contributed by atoms with Crippen LogP contribution in [0.25, 0.3) is 0 Å². The summed E-state index contributed by atoms with van der Waals surface area (Å²) in [6, 6.07) is 10.5. The molecule has 1 heterocycles. The summed E-state index contributed by atoms with van der Waals surface area (Å²) in [6.07, 6.45) is 0. The van der Waals surface area contributed by atoms with Crippen molar-refractivity contribution in [1.82, 2.24) is 10.3 Å². The average Bonchev–Trinajstić information content (AvgIpc) is 2.17. The van der Waals surface area contributed by atoms with Crippen LogP contribution in [0.5, 0.6) is 0 Å². The minimum Gasteiger partial charge on any atom is -0.435 e. The summed E-state index contributed by atoms with van der Waals surface area (Å²) < 4.78 is 2.35. The maximum Gasteiger partial charge on any atom is 0.314 e. The van der Waals surface area contributed by atoms with Crippen LogP contribution in [0, 0.1) is 0 Å². The number of benzene rings is 1. The molecule has 3 nitrogen and oxygen atoms in total. The van der Waals surface area contributed by atoms with Gasteiger partial charge in [0, 0.05) is 5.69 Å². The third-order valence-electron chi connectivity index (χ3n) is 2.87. The predicted molar refractivity (Wildman–Crippen MR) is 70.0 cm³/mol. The van der Waals surface area contributed by atoms with E-state index in [-0.39, 0.29) is 0 Å². The number of rotatable bonds is 1. The average molecular weight is 199 g/mol. The van der Waals surface area contributed by atoms with Gasteiger partial charge in [-0.05, 0) is 12.1 Å². The molecular formula is C9H16B3N3. The first-order valence-electron chi connectivity index (χ1n) is 5.54. The second kappa shape index (κ2) is 4.33. The molecule has 76 valence electrons. The second-order valence-electron chi connectivity index (χ2n) is 4.15. The lowest BCUT2D eigenvalue weighted by molar-refractivity contribution is 1.20. The zero-order valence-electron chi connectivity index (χ0n) is 9.57. The predicted octanol–water partition coefficient (Wildman–Crippen LogP) is 1.04.